The van der Waals surface area contributed by atoms with Crippen LogP contribution in [0.4, 0.5) is 16.4 Å². The number of nitrogen functional groups attached to an aromatic ring is 1. The van der Waals surface area contributed by atoms with Crippen molar-refractivity contribution < 1.29 is 28.8 Å². The number of nitro groups is 1. The Labute approximate surface area is 181 Å². The van der Waals surface area contributed by atoms with Crippen molar-refractivity contribution in [3.8, 4) is 0 Å². The third-order valence-corrected chi connectivity index (χ3v) is 5.91. The number of esters is 2. The van der Waals surface area contributed by atoms with Gasteiger partial charge in [0.1, 0.15) is 10.7 Å². The van der Waals surface area contributed by atoms with Crippen LogP contribution < -0.4 is 11.1 Å². The lowest BCUT2D eigenvalue weighted by atomic mass is 9.95. The maximum absolute atomic E-state index is 12.4. The number of anilines is 2. The molecule has 3 N–H and O–H groups in total. The first-order chi connectivity index (χ1) is 14.8. The monoisotopic (exact) mass is 447 g/mol. The van der Waals surface area contributed by atoms with Crippen LogP contribution in [0.1, 0.15) is 50.9 Å². The Morgan fingerprint density at radius 2 is 1.94 bits per heavy atom. The first-order valence-corrected chi connectivity index (χ1v) is 10.5. The third-order valence-electron chi connectivity index (χ3n) is 4.70. The number of fused-ring (bicyclic) bond motifs is 1. The molecule has 1 aromatic heterocycles. The fourth-order valence-electron chi connectivity index (χ4n) is 3.28. The van der Waals surface area contributed by atoms with Crippen molar-refractivity contribution in [3.05, 3.63) is 49.9 Å². The SMILES string of the molecule is CCOC(=O)c1c(NC(=O)COC(=O)c2ccc(N)c([N+](=O)[O-])c2)sc2c1CCCC2. The minimum absolute atomic E-state index is 0.0903. The van der Waals surface area contributed by atoms with Gasteiger partial charge in [0.2, 0.25) is 0 Å². The van der Waals surface area contributed by atoms with Crippen LogP contribution in [-0.2, 0) is 27.1 Å². The van der Waals surface area contributed by atoms with Gasteiger partial charge in [-0.15, -0.1) is 11.3 Å². The van der Waals surface area contributed by atoms with Gasteiger partial charge in [-0.1, -0.05) is 0 Å². The number of carbonyl (C=O) groups excluding carboxylic acids is 3. The van der Waals surface area contributed by atoms with E-state index in [1.54, 1.807) is 6.92 Å². The number of nitrogens with one attached hydrogen (secondary N) is 1. The number of aryl methyl sites for hydroxylation is 1. The van der Waals surface area contributed by atoms with E-state index in [1.807, 2.05) is 0 Å². The molecule has 164 valence electrons. The summed E-state index contributed by atoms with van der Waals surface area (Å²) in [5, 5.41) is 14.0. The molecule has 0 saturated heterocycles. The van der Waals surface area contributed by atoms with Crippen molar-refractivity contribution in [2.45, 2.75) is 32.6 Å². The number of benzene rings is 1. The van der Waals surface area contributed by atoms with Gasteiger partial charge in [0, 0.05) is 10.9 Å². The topological polar surface area (TPSA) is 151 Å². The Balaban J connectivity index is 1.69. The van der Waals surface area contributed by atoms with Gasteiger partial charge in [-0.3, -0.25) is 14.9 Å². The van der Waals surface area contributed by atoms with Gasteiger partial charge in [-0.05, 0) is 50.3 Å². The molecular formula is C20H21N3O7S. The number of nitrogens with two attached hydrogens (primary N) is 1. The predicted octanol–water partition coefficient (Wildman–Crippen LogP) is 3.09. The molecule has 0 fully saturated rings. The molecule has 10 nitrogen and oxygen atoms in total. The van der Waals surface area contributed by atoms with Gasteiger partial charge in [0.25, 0.3) is 11.6 Å². The van der Waals surface area contributed by atoms with E-state index < -0.39 is 35.1 Å². The van der Waals surface area contributed by atoms with Crippen LogP contribution in [0.5, 0.6) is 0 Å². The van der Waals surface area contributed by atoms with Crippen molar-refractivity contribution in [1.29, 1.82) is 0 Å². The summed E-state index contributed by atoms with van der Waals surface area (Å²) in [4.78, 5) is 48.2. The Morgan fingerprint density at radius 3 is 2.65 bits per heavy atom. The average Bonchev–Trinajstić information content (AvgIpc) is 3.10. The van der Waals surface area contributed by atoms with E-state index in [9.17, 15) is 24.5 Å². The molecule has 3 rings (SSSR count). The minimum atomic E-state index is -0.908. The lowest BCUT2D eigenvalue weighted by Gasteiger charge is -2.12. The molecule has 1 aromatic carbocycles. The highest BCUT2D eigenvalue weighted by atomic mass is 32.1. The number of nitro benzene ring substituents is 1. The number of carbonyl (C=O) groups is 3. The maximum Gasteiger partial charge on any atom is 0.341 e. The van der Waals surface area contributed by atoms with Crippen LogP contribution >= 0.6 is 11.3 Å². The molecular weight excluding hydrogens is 426 g/mol. The summed E-state index contributed by atoms with van der Waals surface area (Å²) in [6.45, 7) is 1.29. The summed E-state index contributed by atoms with van der Waals surface area (Å²) in [6, 6.07) is 3.48. The molecule has 0 unspecified atom stereocenters. The van der Waals surface area contributed by atoms with E-state index in [1.165, 1.54) is 23.5 Å². The Bertz CT molecular complexity index is 1050. The summed E-state index contributed by atoms with van der Waals surface area (Å²) in [6.07, 6.45) is 3.53. The number of thiophene rings is 1. The van der Waals surface area contributed by atoms with E-state index >= 15 is 0 Å². The van der Waals surface area contributed by atoms with Crippen LogP contribution in [-0.4, -0.2) is 36.0 Å². The molecule has 0 atom stereocenters. The molecule has 2 aromatic rings. The number of amides is 1. The van der Waals surface area contributed by atoms with Gasteiger partial charge in [-0.25, -0.2) is 9.59 Å². The number of hydrogen-bond donors (Lipinski definition) is 2. The summed E-state index contributed by atoms with van der Waals surface area (Å²) >= 11 is 1.32. The molecule has 1 amide bonds. The molecule has 0 radical (unpaired) electrons. The fourth-order valence-corrected chi connectivity index (χ4v) is 4.57. The molecule has 0 saturated carbocycles. The van der Waals surface area contributed by atoms with E-state index in [2.05, 4.69) is 5.32 Å². The van der Waals surface area contributed by atoms with Crippen LogP contribution in [0, 0.1) is 10.1 Å². The van der Waals surface area contributed by atoms with Gasteiger partial charge >= 0.3 is 11.9 Å². The van der Waals surface area contributed by atoms with Crippen LogP contribution in [0.2, 0.25) is 0 Å². The second-order valence-corrected chi connectivity index (χ2v) is 7.90. The molecule has 0 spiro atoms. The first kappa shape index (κ1) is 22.2. The normalized spacial score (nSPS) is 12.5. The molecule has 1 heterocycles. The molecule has 0 aliphatic heterocycles. The molecule has 11 heteroatoms. The van der Waals surface area contributed by atoms with Crippen LogP contribution in [0.15, 0.2) is 18.2 Å². The first-order valence-electron chi connectivity index (χ1n) is 9.64. The number of nitrogens with zero attached hydrogens (tertiary/aromatic N) is 1. The van der Waals surface area contributed by atoms with Crippen molar-refractivity contribution >= 4 is 45.6 Å². The summed E-state index contributed by atoms with van der Waals surface area (Å²) in [5.74, 6) is -2.04. The second-order valence-electron chi connectivity index (χ2n) is 6.79. The van der Waals surface area contributed by atoms with E-state index in [-0.39, 0.29) is 17.9 Å². The lowest BCUT2D eigenvalue weighted by Crippen LogP contribution is -2.22. The molecule has 31 heavy (non-hydrogen) atoms. The van der Waals surface area contributed by atoms with Gasteiger partial charge < -0.3 is 20.5 Å². The zero-order valence-electron chi connectivity index (χ0n) is 16.8. The highest BCUT2D eigenvalue weighted by Crippen LogP contribution is 2.38. The average molecular weight is 447 g/mol. The van der Waals surface area contributed by atoms with Crippen molar-refractivity contribution in [3.63, 3.8) is 0 Å². The van der Waals surface area contributed by atoms with Gasteiger partial charge in [0.05, 0.1) is 22.7 Å². The Kier molecular flexibility index (Phi) is 6.85. The quantitative estimate of drug-likeness (QED) is 0.284. The lowest BCUT2D eigenvalue weighted by molar-refractivity contribution is -0.383. The standard InChI is InChI=1S/C20H21N3O7S/c1-2-29-20(26)17-12-5-3-4-6-15(12)31-18(17)22-16(24)10-30-19(25)11-7-8-13(21)14(9-11)23(27)28/h7-9H,2-6,10,21H2,1H3,(H,22,24). The van der Waals surface area contributed by atoms with Crippen molar-refractivity contribution in [2.75, 3.05) is 24.3 Å². The van der Waals surface area contributed by atoms with E-state index in [4.69, 9.17) is 15.2 Å². The molecule has 1 aliphatic carbocycles. The number of hydrogen-bond acceptors (Lipinski definition) is 9. The van der Waals surface area contributed by atoms with Gasteiger partial charge in [-0.2, -0.15) is 0 Å². The van der Waals surface area contributed by atoms with Crippen LogP contribution in [0.25, 0.3) is 0 Å². The minimum Gasteiger partial charge on any atom is -0.462 e. The maximum atomic E-state index is 12.4. The smallest absolute Gasteiger partial charge is 0.341 e. The van der Waals surface area contributed by atoms with Crippen LogP contribution in [0.3, 0.4) is 0 Å². The van der Waals surface area contributed by atoms with E-state index in [0.717, 1.165) is 42.2 Å². The van der Waals surface area contributed by atoms with Crippen molar-refractivity contribution in [2.24, 2.45) is 0 Å². The fraction of sp³-hybridized carbons (Fsp3) is 0.350. The second kappa shape index (κ2) is 9.56. The zero-order chi connectivity index (χ0) is 22.5. The third kappa shape index (κ3) is 5.00. The molecule has 0 bridgehead atoms. The highest BCUT2D eigenvalue weighted by molar-refractivity contribution is 7.17. The molecule has 1 aliphatic rings. The predicted molar refractivity (Wildman–Crippen MR) is 113 cm³/mol. The number of rotatable bonds is 7. The highest BCUT2D eigenvalue weighted by Gasteiger charge is 2.27. The largest absolute Gasteiger partial charge is 0.462 e. The zero-order valence-corrected chi connectivity index (χ0v) is 17.6. The van der Waals surface area contributed by atoms with Crippen molar-refractivity contribution in [1.82, 2.24) is 0 Å². The summed E-state index contributed by atoms with van der Waals surface area (Å²) in [5.41, 5.74) is 6.14. The summed E-state index contributed by atoms with van der Waals surface area (Å²) in [7, 11) is 0. The van der Waals surface area contributed by atoms with Gasteiger partial charge in [0.15, 0.2) is 6.61 Å². The Hall–Kier alpha value is -3.47. The summed E-state index contributed by atoms with van der Waals surface area (Å²) < 4.78 is 10.1. The number of ether oxygens (including phenoxy) is 2. The van der Waals surface area contributed by atoms with E-state index in [0.29, 0.717) is 10.6 Å². The Morgan fingerprint density at radius 1 is 1.19 bits per heavy atom.